The number of nitrogens with two attached hydrogens (primary N) is 1. The first-order valence-corrected chi connectivity index (χ1v) is 9.17. The van der Waals surface area contributed by atoms with Crippen molar-refractivity contribution in [2.24, 2.45) is 5.14 Å². The third-order valence-corrected chi connectivity index (χ3v) is 6.53. The first kappa shape index (κ1) is 16.6. The molecule has 0 aliphatic carbocycles. The third kappa shape index (κ3) is 3.52. The number of piperazine rings is 1. The molecule has 1 aromatic rings. The molecule has 1 heterocycles. The van der Waals surface area contributed by atoms with Crippen LogP contribution in [0.5, 0.6) is 0 Å². The van der Waals surface area contributed by atoms with E-state index in [1.54, 1.807) is 0 Å². The standard InChI is InChI=1S/C10H13ClFN3O4S2/c11-9-2-1-8(12)7-10(9)20(16,17)14-3-5-15(6-4-14)21(13,18)19/h1-2,7H,3-6H2,(H2,13,18,19). The molecular formula is C10H13ClFN3O4S2. The van der Waals surface area contributed by atoms with Crippen LogP contribution in [0.4, 0.5) is 4.39 Å². The molecule has 11 heteroatoms. The second-order valence-corrected chi connectivity index (χ2v) is 8.28. The number of halogens is 2. The SMILES string of the molecule is NS(=O)(=O)N1CCN(S(=O)(=O)c2cc(F)ccc2Cl)CC1. The molecule has 0 amide bonds. The van der Waals surface area contributed by atoms with Gasteiger partial charge in [0.05, 0.1) is 5.02 Å². The predicted molar refractivity (Wildman–Crippen MR) is 74.8 cm³/mol. The summed E-state index contributed by atoms with van der Waals surface area (Å²) in [4.78, 5) is -0.340. The Morgan fingerprint density at radius 2 is 1.57 bits per heavy atom. The fourth-order valence-electron chi connectivity index (χ4n) is 1.98. The highest BCUT2D eigenvalue weighted by molar-refractivity contribution is 7.89. The molecule has 1 saturated heterocycles. The molecule has 0 aromatic heterocycles. The van der Waals surface area contributed by atoms with E-state index in [4.69, 9.17) is 16.7 Å². The van der Waals surface area contributed by atoms with Crippen LogP contribution in [0.1, 0.15) is 0 Å². The number of rotatable bonds is 3. The van der Waals surface area contributed by atoms with E-state index in [0.717, 1.165) is 26.8 Å². The molecule has 21 heavy (non-hydrogen) atoms. The number of benzene rings is 1. The minimum Gasteiger partial charge on any atom is -0.216 e. The maximum Gasteiger partial charge on any atom is 0.276 e. The van der Waals surface area contributed by atoms with Gasteiger partial charge in [-0.25, -0.2) is 17.9 Å². The Morgan fingerprint density at radius 3 is 2.10 bits per heavy atom. The molecule has 118 valence electrons. The Kier molecular flexibility index (Phi) is 4.57. The molecule has 0 radical (unpaired) electrons. The summed E-state index contributed by atoms with van der Waals surface area (Å²) < 4.78 is 62.4. The molecule has 0 saturated carbocycles. The first-order valence-electron chi connectivity index (χ1n) is 5.85. The summed E-state index contributed by atoms with van der Waals surface area (Å²) in [6.07, 6.45) is 0. The van der Waals surface area contributed by atoms with Gasteiger partial charge in [0.2, 0.25) is 10.0 Å². The summed E-state index contributed by atoms with van der Waals surface area (Å²) in [6, 6.07) is 3.05. The zero-order valence-electron chi connectivity index (χ0n) is 10.7. The van der Waals surface area contributed by atoms with E-state index < -0.39 is 26.0 Å². The van der Waals surface area contributed by atoms with Crippen LogP contribution < -0.4 is 5.14 Å². The fourth-order valence-corrected chi connectivity index (χ4v) is 4.56. The van der Waals surface area contributed by atoms with Gasteiger partial charge in [-0.15, -0.1) is 0 Å². The number of hydrogen-bond acceptors (Lipinski definition) is 4. The molecule has 0 bridgehead atoms. The minimum atomic E-state index is -3.99. The van der Waals surface area contributed by atoms with Crippen molar-refractivity contribution in [3.63, 3.8) is 0 Å². The van der Waals surface area contributed by atoms with Gasteiger partial charge in [0.15, 0.2) is 0 Å². The number of nitrogens with zero attached hydrogens (tertiary/aromatic N) is 2. The Morgan fingerprint density at radius 1 is 1.05 bits per heavy atom. The Hall–Kier alpha value is -0.780. The van der Waals surface area contributed by atoms with Gasteiger partial charge in [-0.3, -0.25) is 0 Å². The minimum absolute atomic E-state index is 0.0645. The first-order chi connectivity index (χ1) is 9.62. The molecule has 2 rings (SSSR count). The summed E-state index contributed by atoms with van der Waals surface area (Å²) in [5.41, 5.74) is 0. The average molecular weight is 358 g/mol. The third-order valence-electron chi connectivity index (χ3n) is 3.07. The van der Waals surface area contributed by atoms with Crippen molar-refractivity contribution in [1.29, 1.82) is 0 Å². The molecule has 1 aromatic carbocycles. The highest BCUT2D eigenvalue weighted by Gasteiger charge is 2.32. The number of sulfonamides is 1. The van der Waals surface area contributed by atoms with Crippen molar-refractivity contribution < 1.29 is 21.2 Å². The van der Waals surface area contributed by atoms with E-state index in [-0.39, 0.29) is 36.1 Å². The predicted octanol–water partition coefficient (Wildman–Crippen LogP) is -0.0111. The van der Waals surface area contributed by atoms with Crippen LogP contribution in [0.2, 0.25) is 5.02 Å². The van der Waals surface area contributed by atoms with Crippen LogP contribution in [0.3, 0.4) is 0 Å². The maximum atomic E-state index is 13.2. The maximum absolute atomic E-state index is 13.2. The Bertz CT molecular complexity index is 746. The van der Waals surface area contributed by atoms with E-state index in [9.17, 15) is 21.2 Å². The summed E-state index contributed by atoms with van der Waals surface area (Å²) in [5, 5.41) is 4.89. The van der Waals surface area contributed by atoms with E-state index >= 15 is 0 Å². The molecule has 1 aliphatic heterocycles. The van der Waals surface area contributed by atoms with Gasteiger partial charge in [0, 0.05) is 26.2 Å². The quantitative estimate of drug-likeness (QED) is 0.822. The van der Waals surface area contributed by atoms with Crippen LogP contribution in [0.25, 0.3) is 0 Å². The smallest absolute Gasteiger partial charge is 0.216 e. The lowest BCUT2D eigenvalue weighted by Gasteiger charge is -2.32. The van der Waals surface area contributed by atoms with E-state index in [0.29, 0.717) is 0 Å². The zero-order chi connectivity index (χ0) is 15.8. The Labute approximate surface area is 127 Å². The van der Waals surface area contributed by atoms with Gasteiger partial charge < -0.3 is 0 Å². The van der Waals surface area contributed by atoms with Crippen LogP contribution in [0, 0.1) is 5.82 Å². The van der Waals surface area contributed by atoms with Crippen molar-refractivity contribution in [1.82, 2.24) is 8.61 Å². The van der Waals surface area contributed by atoms with Crippen LogP contribution in [-0.4, -0.2) is 51.6 Å². The summed E-state index contributed by atoms with van der Waals surface area (Å²) in [5.74, 6) is -0.721. The van der Waals surface area contributed by atoms with E-state index in [1.807, 2.05) is 0 Å². The van der Waals surface area contributed by atoms with Crippen LogP contribution in [0.15, 0.2) is 23.1 Å². The largest absolute Gasteiger partial charge is 0.276 e. The van der Waals surface area contributed by atoms with Gasteiger partial charge in [0.25, 0.3) is 10.2 Å². The second-order valence-electron chi connectivity index (χ2n) is 4.42. The lowest BCUT2D eigenvalue weighted by molar-refractivity contribution is 0.273. The highest BCUT2D eigenvalue weighted by Crippen LogP contribution is 2.26. The lowest BCUT2D eigenvalue weighted by atomic mass is 10.3. The van der Waals surface area contributed by atoms with Gasteiger partial charge in [0.1, 0.15) is 10.7 Å². The van der Waals surface area contributed by atoms with Crippen molar-refractivity contribution in [3.05, 3.63) is 29.0 Å². The van der Waals surface area contributed by atoms with Crippen molar-refractivity contribution in [2.45, 2.75) is 4.90 Å². The molecule has 1 fully saturated rings. The molecule has 2 N–H and O–H groups in total. The van der Waals surface area contributed by atoms with Crippen molar-refractivity contribution in [3.8, 4) is 0 Å². The van der Waals surface area contributed by atoms with Crippen molar-refractivity contribution in [2.75, 3.05) is 26.2 Å². The van der Waals surface area contributed by atoms with Gasteiger partial charge in [-0.1, -0.05) is 11.6 Å². The highest BCUT2D eigenvalue weighted by atomic mass is 35.5. The van der Waals surface area contributed by atoms with Crippen LogP contribution >= 0.6 is 11.6 Å². The average Bonchev–Trinajstić information content (AvgIpc) is 2.40. The van der Waals surface area contributed by atoms with Crippen LogP contribution in [-0.2, 0) is 20.2 Å². The van der Waals surface area contributed by atoms with E-state index in [1.165, 1.54) is 0 Å². The topological polar surface area (TPSA) is 101 Å². The fraction of sp³-hybridized carbons (Fsp3) is 0.400. The summed E-state index contributed by atoms with van der Waals surface area (Å²) in [6.45, 7) is -0.285. The normalized spacial score (nSPS) is 18.8. The monoisotopic (exact) mass is 357 g/mol. The molecular weight excluding hydrogens is 345 g/mol. The molecule has 0 atom stereocenters. The summed E-state index contributed by atoms with van der Waals surface area (Å²) >= 11 is 5.80. The second kappa shape index (κ2) is 5.78. The van der Waals surface area contributed by atoms with Gasteiger partial charge >= 0.3 is 0 Å². The molecule has 7 nitrogen and oxygen atoms in total. The molecule has 0 spiro atoms. The number of hydrogen-bond donors (Lipinski definition) is 1. The Balaban J connectivity index is 2.25. The van der Waals surface area contributed by atoms with Crippen molar-refractivity contribution >= 4 is 31.8 Å². The van der Waals surface area contributed by atoms with E-state index in [2.05, 4.69) is 0 Å². The van der Waals surface area contributed by atoms with Gasteiger partial charge in [-0.05, 0) is 18.2 Å². The molecule has 0 unspecified atom stereocenters. The zero-order valence-corrected chi connectivity index (χ0v) is 13.1. The lowest BCUT2D eigenvalue weighted by Crippen LogP contribution is -2.52. The molecule has 1 aliphatic rings. The summed E-state index contributed by atoms with van der Waals surface area (Å²) in [7, 11) is -7.83. The van der Waals surface area contributed by atoms with Gasteiger partial charge in [-0.2, -0.15) is 17.0 Å².